The Morgan fingerprint density at radius 3 is 2.09 bits per heavy atom. The molecule has 0 heterocycles. The highest BCUT2D eigenvalue weighted by Crippen LogP contribution is 2.41. The van der Waals surface area contributed by atoms with Gasteiger partial charge in [0, 0.05) is 14.6 Å². The molecule has 0 aliphatic carbocycles. The number of hydrogen-bond donors (Lipinski definition) is 1. The molecule has 0 saturated heterocycles. The Morgan fingerprint density at radius 2 is 1.61 bits per heavy atom. The molecule has 23 heavy (non-hydrogen) atoms. The topological polar surface area (TPSA) is 20.2 Å². The zero-order chi connectivity index (χ0) is 17.0. The maximum absolute atomic E-state index is 9.23. The molecule has 1 atom stereocenters. The maximum atomic E-state index is 9.23. The number of hydrogen-bond acceptors (Lipinski definition) is 2. The van der Waals surface area contributed by atoms with Crippen LogP contribution in [-0.2, 0) is 6.61 Å². The maximum Gasteiger partial charge on any atom is 0.0681 e. The molecule has 2 aromatic carbocycles. The van der Waals surface area contributed by atoms with Crippen LogP contribution < -0.4 is 0 Å². The zero-order valence-electron chi connectivity index (χ0n) is 14.3. The largest absolute Gasteiger partial charge is 0.392 e. The van der Waals surface area contributed by atoms with E-state index in [1.54, 1.807) is 0 Å². The van der Waals surface area contributed by atoms with Crippen LogP contribution in [0.3, 0.4) is 0 Å². The van der Waals surface area contributed by atoms with E-state index in [4.69, 9.17) is 0 Å². The lowest BCUT2D eigenvalue weighted by molar-refractivity contribution is 0.282. The van der Waals surface area contributed by atoms with Gasteiger partial charge in [-0.3, -0.25) is 0 Å². The standard InChI is InChI=1S/C20H25BrOS/c1-13(2)9-19(17-7-5-16(12-22)6-8-17)23-18-10-14(3)20(21)15(4)11-18/h5-8,10-11,13,19,22H,9,12H2,1-4H3. The third kappa shape index (κ3) is 5.10. The van der Waals surface area contributed by atoms with Crippen LogP contribution in [0.4, 0.5) is 0 Å². The number of halogens is 1. The van der Waals surface area contributed by atoms with Crippen molar-refractivity contribution < 1.29 is 5.11 Å². The summed E-state index contributed by atoms with van der Waals surface area (Å²) in [4.78, 5) is 1.32. The van der Waals surface area contributed by atoms with Gasteiger partial charge in [0.25, 0.3) is 0 Å². The van der Waals surface area contributed by atoms with Gasteiger partial charge in [-0.05, 0) is 60.6 Å². The van der Waals surface area contributed by atoms with E-state index in [0.717, 1.165) is 12.0 Å². The molecule has 124 valence electrons. The molecule has 0 aliphatic rings. The molecule has 0 fully saturated rings. The first-order valence-corrected chi connectivity index (χ1v) is 9.71. The van der Waals surface area contributed by atoms with Crippen molar-refractivity contribution in [1.29, 1.82) is 0 Å². The Kier molecular flexibility index (Phi) is 6.75. The van der Waals surface area contributed by atoms with E-state index in [-0.39, 0.29) is 6.61 Å². The summed E-state index contributed by atoms with van der Waals surface area (Å²) in [7, 11) is 0. The number of benzene rings is 2. The van der Waals surface area contributed by atoms with Crippen molar-refractivity contribution in [3.05, 3.63) is 63.1 Å². The van der Waals surface area contributed by atoms with E-state index in [1.165, 1.54) is 26.1 Å². The zero-order valence-corrected chi connectivity index (χ0v) is 16.7. The van der Waals surface area contributed by atoms with Crippen LogP contribution in [0.2, 0.25) is 0 Å². The molecule has 0 radical (unpaired) electrons. The minimum atomic E-state index is 0.105. The third-order valence-electron chi connectivity index (χ3n) is 3.91. The van der Waals surface area contributed by atoms with Crippen LogP contribution in [0.25, 0.3) is 0 Å². The Labute approximate surface area is 152 Å². The van der Waals surface area contributed by atoms with Crippen molar-refractivity contribution in [2.75, 3.05) is 0 Å². The summed E-state index contributed by atoms with van der Waals surface area (Å²) in [5, 5.41) is 9.66. The van der Waals surface area contributed by atoms with E-state index in [1.807, 2.05) is 23.9 Å². The van der Waals surface area contributed by atoms with Crippen molar-refractivity contribution in [3.63, 3.8) is 0 Å². The fraction of sp³-hybridized carbons (Fsp3) is 0.400. The van der Waals surface area contributed by atoms with Gasteiger partial charge in [0.15, 0.2) is 0 Å². The van der Waals surface area contributed by atoms with Gasteiger partial charge in [-0.2, -0.15) is 0 Å². The summed E-state index contributed by atoms with van der Waals surface area (Å²) in [5.74, 6) is 0.641. The lowest BCUT2D eigenvalue weighted by Gasteiger charge is -2.20. The van der Waals surface area contributed by atoms with E-state index < -0.39 is 0 Å². The van der Waals surface area contributed by atoms with Crippen molar-refractivity contribution in [2.24, 2.45) is 5.92 Å². The summed E-state index contributed by atoms with van der Waals surface area (Å²) in [5.41, 5.74) is 4.87. The summed E-state index contributed by atoms with van der Waals surface area (Å²) in [6.07, 6.45) is 1.14. The lowest BCUT2D eigenvalue weighted by Crippen LogP contribution is -2.00. The summed E-state index contributed by atoms with van der Waals surface area (Å²) < 4.78 is 1.20. The first-order valence-electron chi connectivity index (χ1n) is 8.03. The summed E-state index contributed by atoms with van der Waals surface area (Å²) in [6, 6.07) is 12.9. The van der Waals surface area contributed by atoms with Crippen LogP contribution in [0.15, 0.2) is 45.8 Å². The Balaban J connectivity index is 2.27. The van der Waals surface area contributed by atoms with Gasteiger partial charge in [-0.25, -0.2) is 0 Å². The molecule has 0 aromatic heterocycles. The second-order valence-corrected chi connectivity index (χ2v) is 8.58. The molecule has 0 amide bonds. The summed E-state index contributed by atoms with van der Waals surface area (Å²) in [6.45, 7) is 8.94. The lowest BCUT2D eigenvalue weighted by atomic mass is 10.0. The van der Waals surface area contributed by atoms with Crippen LogP contribution in [0, 0.1) is 19.8 Å². The van der Waals surface area contributed by atoms with Gasteiger partial charge < -0.3 is 5.11 Å². The highest BCUT2D eigenvalue weighted by Gasteiger charge is 2.16. The SMILES string of the molecule is Cc1cc(SC(CC(C)C)c2ccc(CO)cc2)cc(C)c1Br. The first kappa shape index (κ1) is 18.6. The van der Waals surface area contributed by atoms with Gasteiger partial charge in [0.05, 0.1) is 6.61 Å². The summed E-state index contributed by atoms with van der Waals surface area (Å²) >= 11 is 5.58. The fourth-order valence-electron chi connectivity index (χ4n) is 2.66. The predicted molar refractivity (Wildman–Crippen MR) is 104 cm³/mol. The Hall–Kier alpha value is -0.770. The van der Waals surface area contributed by atoms with Gasteiger partial charge in [-0.1, -0.05) is 54.0 Å². The molecule has 2 aromatic rings. The van der Waals surface area contributed by atoms with Crippen LogP contribution in [0.5, 0.6) is 0 Å². The second kappa shape index (κ2) is 8.36. The molecule has 1 unspecified atom stereocenters. The van der Waals surface area contributed by atoms with Crippen LogP contribution in [0.1, 0.15) is 47.8 Å². The minimum Gasteiger partial charge on any atom is -0.392 e. The van der Waals surface area contributed by atoms with E-state index >= 15 is 0 Å². The van der Waals surface area contributed by atoms with Gasteiger partial charge in [-0.15, -0.1) is 11.8 Å². The molecule has 0 spiro atoms. The number of aryl methyl sites for hydroxylation is 2. The van der Waals surface area contributed by atoms with Crippen molar-refractivity contribution in [2.45, 2.75) is 50.9 Å². The number of aliphatic hydroxyl groups is 1. The highest BCUT2D eigenvalue weighted by atomic mass is 79.9. The van der Waals surface area contributed by atoms with Gasteiger partial charge in [0.2, 0.25) is 0 Å². The molecule has 1 N–H and O–H groups in total. The van der Waals surface area contributed by atoms with Crippen molar-refractivity contribution >= 4 is 27.7 Å². The first-order chi connectivity index (χ1) is 10.9. The Morgan fingerprint density at radius 1 is 1.04 bits per heavy atom. The van der Waals surface area contributed by atoms with Crippen LogP contribution >= 0.6 is 27.7 Å². The average molecular weight is 393 g/mol. The van der Waals surface area contributed by atoms with Crippen LogP contribution in [-0.4, -0.2) is 5.11 Å². The molecule has 0 bridgehead atoms. The van der Waals surface area contributed by atoms with Crippen molar-refractivity contribution in [1.82, 2.24) is 0 Å². The predicted octanol–water partition coefficient (Wildman–Crippen LogP) is 6.44. The normalized spacial score (nSPS) is 12.7. The Bertz CT molecular complexity index is 626. The van der Waals surface area contributed by atoms with Gasteiger partial charge >= 0.3 is 0 Å². The number of thioether (sulfide) groups is 1. The minimum absolute atomic E-state index is 0.105. The fourth-order valence-corrected chi connectivity index (χ4v) is 4.48. The van der Waals surface area contributed by atoms with Crippen molar-refractivity contribution in [3.8, 4) is 0 Å². The molecular weight excluding hydrogens is 368 g/mol. The molecule has 0 saturated carbocycles. The van der Waals surface area contributed by atoms with E-state index in [2.05, 4.69) is 67.9 Å². The third-order valence-corrected chi connectivity index (χ3v) is 6.42. The quantitative estimate of drug-likeness (QED) is 0.570. The second-order valence-electron chi connectivity index (χ2n) is 6.51. The molecule has 1 nitrogen and oxygen atoms in total. The number of aliphatic hydroxyl groups excluding tert-OH is 1. The average Bonchev–Trinajstić information content (AvgIpc) is 2.51. The van der Waals surface area contributed by atoms with E-state index in [0.29, 0.717) is 11.2 Å². The molecule has 2 rings (SSSR count). The molecule has 0 aliphatic heterocycles. The van der Waals surface area contributed by atoms with Gasteiger partial charge in [0.1, 0.15) is 0 Å². The van der Waals surface area contributed by atoms with E-state index in [9.17, 15) is 5.11 Å². The molecular formula is C20H25BrOS. The molecule has 3 heteroatoms. The smallest absolute Gasteiger partial charge is 0.0681 e. The monoisotopic (exact) mass is 392 g/mol. The number of rotatable bonds is 6. The highest BCUT2D eigenvalue weighted by molar-refractivity contribution is 9.10.